The molecule has 54 valence electrons. The largest absolute Gasteiger partial charge is 1.00 e. The summed E-state index contributed by atoms with van der Waals surface area (Å²) < 4.78 is 0. The first-order valence-corrected chi connectivity index (χ1v) is 3.28. The van der Waals surface area contributed by atoms with E-state index >= 15 is 0 Å². The van der Waals surface area contributed by atoms with Crippen molar-refractivity contribution in [3.8, 4) is 0 Å². The maximum atomic E-state index is 3.81. The third-order valence-corrected chi connectivity index (χ3v) is 1.36. The third-order valence-electron chi connectivity index (χ3n) is 1.36. The van der Waals surface area contributed by atoms with E-state index in [2.05, 4.69) is 20.4 Å². The predicted molar refractivity (Wildman–Crippen MR) is 42.2 cm³/mol. The predicted octanol–water partition coefficient (Wildman–Crippen LogP) is -4.21. The van der Waals surface area contributed by atoms with Gasteiger partial charge in [0, 0.05) is 12.4 Å². The standard InChI is InChI=1S/C6H6BN4.K/c1-3-8-10-5(1)7-6-2-4-9-11-6;/h1-4H,(H,8,10)(H,9,11);/q-1;+1. The summed E-state index contributed by atoms with van der Waals surface area (Å²) >= 11 is 0. The molecule has 2 N–H and O–H groups in total. The van der Waals surface area contributed by atoms with Crippen molar-refractivity contribution in [2.75, 3.05) is 0 Å². The van der Waals surface area contributed by atoms with Crippen LogP contribution in [0.3, 0.4) is 0 Å². The summed E-state index contributed by atoms with van der Waals surface area (Å²) in [5.74, 6) is 0. The van der Waals surface area contributed by atoms with Gasteiger partial charge in [0.25, 0.3) is 0 Å². The van der Waals surface area contributed by atoms with E-state index in [0.717, 1.165) is 11.2 Å². The molecule has 0 fully saturated rings. The zero-order valence-corrected chi connectivity index (χ0v) is 9.90. The van der Waals surface area contributed by atoms with E-state index in [9.17, 15) is 0 Å². The average molecular weight is 184 g/mol. The Morgan fingerprint density at radius 3 is 1.83 bits per heavy atom. The van der Waals surface area contributed by atoms with Gasteiger partial charge >= 0.3 is 51.4 Å². The number of nitrogens with zero attached hydrogens (tertiary/aromatic N) is 2. The number of hydrogen-bond donors (Lipinski definition) is 2. The summed E-state index contributed by atoms with van der Waals surface area (Å²) in [4.78, 5) is 0. The van der Waals surface area contributed by atoms with Gasteiger partial charge in [0.05, 0.1) is 0 Å². The van der Waals surface area contributed by atoms with Crippen LogP contribution in [-0.4, -0.2) is 27.7 Å². The van der Waals surface area contributed by atoms with Crippen molar-refractivity contribution in [1.29, 1.82) is 0 Å². The molecule has 0 amide bonds. The van der Waals surface area contributed by atoms with Gasteiger partial charge in [0.1, 0.15) is 0 Å². The quantitative estimate of drug-likeness (QED) is 0.465. The molecule has 0 spiro atoms. The summed E-state index contributed by atoms with van der Waals surface area (Å²) in [7, 11) is 1.93. The summed E-state index contributed by atoms with van der Waals surface area (Å²) in [6, 6.07) is 3.78. The van der Waals surface area contributed by atoms with Gasteiger partial charge in [-0.15, -0.1) is 0 Å². The van der Waals surface area contributed by atoms with Gasteiger partial charge in [0.2, 0.25) is 0 Å². The van der Waals surface area contributed by atoms with Crippen molar-refractivity contribution in [1.82, 2.24) is 20.4 Å². The second-order valence-electron chi connectivity index (χ2n) is 2.17. The molecule has 6 heteroatoms. The molecule has 2 aromatic heterocycles. The van der Waals surface area contributed by atoms with Crippen LogP contribution in [0.4, 0.5) is 0 Å². The molecule has 0 aliphatic carbocycles. The Hall–Kier alpha value is 0.121. The normalized spacial score (nSPS) is 9.33. The van der Waals surface area contributed by atoms with Crippen molar-refractivity contribution < 1.29 is 51.4 Å². The van der Waals surface area contributed by atoms with Crippen LogP contribution in [0.1, 0.15) is 0 Å². The molecule has 2 aromatic rings. The molecule has 2 heterocycles. The summed E-state index contributed by atoms with van der Waals surface area (Å²) in [5, 5.41) is 13.3. The van der Waals surface area contributed by atoms with Crippen LogP contribution in [-0.2, 0) is 0 Å². The third kappa shape index (κ3) is 2.56. The Morgan fingerprint density at radius 2 is 1.50 bits per heavy atom. The Bertz CT molecular complexity index is 272. The van der Waals surface area contributed by atoms with Crippen LogP contribution in [0.5, 0.6) is 0 Å². The summed E-state index contributed by atoms with van der Waals surface area (Å²) in [6.45, 7) is 0. The van der Waals surface area contributed by atoms with Crippen molar-refractivity contribution in [2.45, 2.75) is 0 Å². The zero-order chi connectivity index (χ0) is 7.52. The van der Waals surface area contributed by atoms with Crippen LogP contribution in [0.2, 0.25) is 0 Å². The fourth-order valence-electron chi connectivity index (χ4n) is 0.862. The van der Waals surface area contributed by atoms with Crippen molar-refractivity contribution in [2.24, 2.45) is 0 Å². The van der Waals surface area contributed by atoms with E-state index in [1.165, 1.54) is 0 Å². The van der Waals surface area contributed by atoms with Crippen LogP contribution in [0, 0.1) is 0 Å². The van der Waals surface area contributed by atoms with E-state index < -0.39 is 0 Å². The van der Waals surface area contributed by atoms with E-state index in [-0.39, 0.29) is 51.4 Å². The molecule has 0 aromatic carbocycles. The maximum Gasteiger partial charge on any atom is 1.00 e. The summed E-state index contributed by atoms with van der Waals surface area (Å²) in [6.07, 6.45) is 3.42. The van der Waals surface area contributed by atoms with Crippen LogP contribution in [0.25, 0.3) is 0 Å². The van der Waals surface area contributed by atoms with Gasteiger partial charge in [-0.2, -0.15) is 21.4 Å². The molecule has 0 aliphatic rings. The SMILES string of the molecule is [B-](c1ccn[nH]1)c1ccn[nH]1.[K+]. The van der Waals surface area contributed by atoms with Crippen LogP contribution >= 0.6 is 0 Å². The number of aromatic nitrogens is 4. The first kappa shape index (κ1) is 10.2. The van der Waals surface area contributed by atoms with E-state index in [0.29, 0.717) is 0 Å². The molecule has 2 radical (unpaired) electrons. The minimum absolute atomic E-state index is 0. The molecule has 0 aliphatic heterocycles. The van der Waals surface area contributed by atoms with Gasteiger partial charge in [-0.3, -0.25) is 0 Å². The van der Waals surface area contributed by atoms with Crippen LogP contribution < -0.4 is 62.6 Å². The summed E-state index contributed by atoms with van der Waals surface area (Å²) in [5.41, 5.74) is 1.93. The zero-order valence-electron chi connectivity index (χ0n) is 6.78. The Balaban J connectivity index is 0.000000720. The van der Waals surface area contributed by atoms with Crippen LogP contribution in [0.15, 0.2) is 24.5 Å². The first-order chi connectivity index (χ1) is 5.45. The second kappa shape index (κ2) is 4.98. The minimum Gasteiger partial charge on any atom is -0.327 e. The molecule has 2 rings (SSSR count). The number of H-pyrrole nitrogens is 2. The monoisotopic (exact) mass is 184 g/mol. The second-order valence-corrected chi connectivity index (χ2v) is 2.17. The maximum absolute atomic E-state index is 3.81. The number of nitrogens with one attached hydrogen (secondary N) is 2. The fraction of sp³-hybridized carbons (Fsp3) is 0. The molecule has 0 unspecified atom stereocenters. The molecule has 12 heavy (non-hydrogen) atoms. The Labute approximate surface area is 113 Å². The molecule has 0 saturated carbocycles. The number of hydrogen-bond acceptors (Lipinski definition) is 2. The first-order valence-electron chi connectivity index (χ1n) is 3.28. The van der Waals surface area contributed by atoms with Gasteiger partial charge in [-0.25, -0.2) is 7.28 Å². The van der Waals surface area contributed by atoms with E-state index in [1.54, 1.807) is 12.4 Å². The van der Waals surface area contributed by atoms with Gasteiger partial charge in [-0.1, -0.05) is 12.1 Å². The molecule has 0 bridgehead atoms. The molecular formula is C6H6BKN4. The van der Waals surface area contributed by atoms with Crippen molar-refractivity contribution in [3.05, 3.63) is 24.5 Å². The molecule has 0 atom stereocenters. The number of aromatic amines is 2. The minimum atomic E-state index is 0. The Morgan fingerprint density at radius 1 is 1.00 bits per heavy atom. The van der Waals surface area contributed by atoms with E-state index in [4.69, 9.17) is 0 Å². The molecule has 4 nitrogen and oxygen atoms in total. The molecular weight excluding hydrogens is 178 g/mol. The van der Waals surface area contributed by atoms with Gasteiger partial charge < -0.3 is 10.2 Å². The topological polar surface area (TPSA) is 57.4 Å². The van der Waals surface area contributed by atoms with E-state index in [1.807, 2.05) is 19.4 Å². The Kier molecular flexibility index (Phi) is 4.24. The van der Waals surface area contributed by atoms with Crippen molar-refractivity contribution >= 4 is 18.5 Å². The molecule has 0 saturated heterocycles. The van der Waals surface area contributed by atoms with Gasteiger partial charge in [0.15, 0.2) is 0 Å². The average Bonchev–Trinajstić information content (AvgIpc) is 2.60. The smallest absolute Gasteiger partial charge is 0.327 e. The number of rotatable bonds is 2. The fourth-order valence-corrected chi connectivity index (χ4v) is 0.862. The van der Waals surface area contributed by atoms with Crippen molar-refractivity contribution in [3.63, 3.8) is 0 Å². The van der Waals surface area contributed by atoms with Gasteiger partial charge in [-0.05, 0) is 0 Å².